The largest absolute Gasteiger partial charge is 0.493 e. The molecule has 0 bridgehead atoms. The minimum absolute atomic E-state index is 0.234. The zero-order chi connectivity index (χ0) is 12.8. The van der Waals surface area contributed by atoms with Gasteiger partial charge in [-0.1, -0.05) is 12.1 Å². The standard InChI is InChI=1S/C13H19NO3S/c1-16-12-6-2-4-10(8-14-15)13(12)17-11-5-3-7-18-9-11/h2,4,6,11,14-15H,3,5,7-9H2,1H3. The first kappa shape index (κ1) is 13.5. The summed E-state index contributed by atoms with van der Waals surface area (Å²) in [6, 6.07) is 5.71. The minimum Gasteiger partial charge on any atom is -0.493 e. The number of para-hydroxylation sites is 1. The van der Waals surface area contributed by atoms with Crippen LogP contribution in [0.5, 0.6) is 11.5 Å². The molecule has 1 fully saturated rings. The Labute approximate surface area is 112 Å². The van der Waals surface area contributed by atoms with Gasteiger partial charge in [0.1, 0.15) is 6.10 Å². The van der Waals surface area contributed by atoms with Gasteiger partial charge in [-0.15, -0.1) is 0 Å². The van der Waals surface area contributed by atoms with Crippen LogP contribution in [0.25, 0.3) is 0 Å². The number of hydroxylamine groups is 1. The van der Waals surface area contributed by atoms with Crippen LogP contribution in [0.3, 0.4) is 0 Å². The molecular weight excluding hydrogens is 250 g/mol. The summed E-state index contributed by atoms with van der Waals surface area (Å²) in [6.45, 7) is 0.354. The lowest BCUT2D eigenvalue weighted by Crippen LogP contribution is -2.24. The third kappa shape index (κ3) is 3.31. The van der Waals surface area contributed by atoms with E-state index >= 15 is 0 Å². The van der Waals surface area contributed by atoms with E-state index < -0.39 is 0 Å². The van der Waals surface area contributed by atoms with Crippen LogP contribution in [0.15, 0.2) is 18.2 Å². The second kappa shape index (κ2) is 6.87. The molecular formula is C13H19NO3S. The van der Waals surface area contributed by atoms with Gasteiger partial charge < -0.3 is 14.7 Å². The lowest BCUT2D eigenvalue weighted by molar-refractivity contribution is 0.155. The molecule has 2 N–H and O–H groups in total. The Morgan fingerprint density at radius 1 is 1.50 bits per heavy atom. The van der Waals surface area contributed by atoms with Gasteiger partial charge in [-0.05, 0) is 24.7 Å². The minimum atomic E-state index is 0.234. The number of hydrogen-bond donors (Lipinski definition) is 2. The Morgan fingerprint density at radius 3 is 3.06 bits per heavy atom. The van der Waals surface area contributed by atoms with E-state index in [1.165, 1.54) is 12.2 Å². The summed E-state index contributed by atoms with van der Waals surface area (Å²) in [5.74, 6) is 3.70. The van der Waals surface area contributed by atoms with Gasteiger partial charge in [0, 0.05) is 17.9 Å². The monoisotopic (exact) mass is 269 g/mol. The first-order valence-corrected chi connectivity index (χ1v) is 7.28. The molecule has 0 amide bonds. The molecule has 1 aliphatic rings. The number of hydrogen-bond acceptors (Lipinski definition) is 5. The summed E-state index contributed by atoms with van der Waals surface area (Å²) in [6.07, 6.45) is 2.51. The molecule has 4 nitrogen and oxygen atoms in total. The molecule has 1 aliphatic heterocycles. The molecule has 0 aliphatic carbocycles. The number of nitrogens with one attached hydrogen (secondary N) is 1. The molecule has 0 saturated carbocycles. The van der Waals surface area contributed by atoms with Crippen molar-refractivity contribution in [2.75, 3.05) is 18.6 Å². The molecule has 0 aromatic heterocycles. The average Bonchev–Trinajstić information content (AvgIpc) is 2.42. The highest BCUT2D eigenvalue weighted by molar-refractivity contribution is 7.99. The number of methoxy groups -OCH3 is 1. The maximum atomic E-state index is 8.86. The van der Waals surface area contributed by atoms with Crippen LogP contribution in [-0.2, 0) is 6.54 Å². The van der Waals surface area contributed by atoms with Crippen molar-refractivity contribution in [3.05, 3.63) is 23.8 Å². The molecule has 1 aromatic carbocycles. The predicted molar refractivity (Wildman–Crippen MR) is 72.6 cm³/mol. The summed E-state index contributed by atoms with van der Waals surface area (Å²) >= 11 is 1.92. The Bertz CT molecular complexity index is 380. The van der Waals surface area contributed by atoms with Gasteiger partial charge >= 0.3 is 0 Å². The summed E-state index contributed by atoms with van der Waals surface area (Å²) in [5, 5.41) is 8.86. The first-order chi connectivity index (χ1) is 8.85. The molecule has 18 heavy (non-hydrogen) atoms. The van der Waals surface area contributed by atoms with Crippen LogP contribution in [0.1, 0.15) is 18.4 Å². The predicted octanol–water partition coefficient (Wildman–Crippen LogP) is 2.45. The lowest BCUT2D eigenvalue weighted by Gasteiger charge is -2.25. The second-order valence-corrected chi connectivity index (χ2v) is 5.39. The van der Waals surface area contributed by atoms with Gasteiger partial charge in [0.05, 0.1) is 7.11 Å². The summed E-state index contributed by atoms with van der Waals surface area (Å²) in [5.41, 5.74) is 3.08. The molecule has 1 heterocycles. The van der Waals surface area contributed by atoms with Crippen molar-refractivity contribution < 1.29 is 14.7 Å². The highest BCUT2D eigenvalue weighted by atomic mass is 32.2. The van der Waals surface area contributed by atoms with Crippen molar-refractivity contribution >= 4 is 11.8 Å². The normalized spacial score (nSPS) is 19.6. The van der Waals surface area contributed by atoms with E-state index in [1.807, 2.05) is 30.0 Å². The van der Waals surface area contributed by atoms with E-state index in [0.717, 1.165) is 29.2 Å². The molecule has 1 atom stereocenters. The van der Waals surface area contributed by atoms with E-state index in [4.69, 9.17) is 14.7 Å². The highest BCUT2D eigenvalue weighted by Crippen LogP contribution is 2.33. The summed E-state index contributed by atoms with van der Waals surface area (Å²) in [4.78, 5) is 0. The first-order valence-electron chi connectivity index (χ1n) is 6.12. The lowest BCUT2D eigenvalue weighted by atomic mass is 10.1. The van der Waals surface area contributed by atoms with Gasteiger partial charge in [0.15, 0.2) is 11.5 Å². The Kier molecular flexibility index (Phi) is 5.16. The van der Waals surface area contributed by atoms with Gasteiger partial charge in [-0.25, -0.2) is 5.48 Å². The number of ether oxygens (including phenoxy) is 2. The van der Waals surface area contributed by atoms with Crippen molar-refractivity contribution in [3.63, 3.8) is 0 Å². The average molecular weight is 269 g/mol. The highest BCUT2D eigenvalue weighted by Gasteiger charge is 2.19. The maximum Gasteiger partial charge on any atom is 0.166 e. The van der Waals surface area contributed by atoms with Gasteiger partial charge in [-0.2, -0.15) is 11.8 Å². The number of thioether (sulfide) groups is 1. The topological polar surface area (TPSA) is 50.7 Å². The van der Waals surface area contributed by atoms with Crippen molar-refractivity contribution in [1.82, 2.24) is 5.48 Å². The Hall–Kier alpha value is -0.910. The fraction of sp³-hybridized carbons (Fsp3) is 0.538. The van der Waals surface area contributed by atoms with Crippen LogP contribution in [0, 0.1) is 0 Å². The molecule has 100 valence electrons. The van der Waals surface area contributed by atoms with Crippen LogP contribution in [-0.4, -0.2) is 29.9 Å². The fourth-order valence-corrected chi connectivity index (χ4v) is 3.09. The summed E-state index contributed by atoms with van der Waals surface area (Å²) < 4.78 is 11.4. The van der Waals surface area contributed by atoms with Gasteiger partial charge in [0.2, 0.25) is 0 Å². The van der Waals surface area contributed by atoms with Crippen molar-refractivity contribution in [3.8, 4) is 11.5 Å². The molecule has 1 saturated heterocycles. The maximum absolute atomic E-state index is 8.86. The Balaban J connectivity index is 2.16. The van der Waals surface area contributed by atoms with Crippen molar-refractivity contribution in [2.45, 2.75) is 25.5 Å². The smallest absolute Gasteiger partial charge is 0.166 e. The van der Waals surface area contributed by atoms with Gasteiger partial charge in [0.25, 0.3) is 0 Å². The van der Waals surface area contributed by atoms with E-state index in [0.29, 0.717) is 6.54 Å². The zero-order valence-corrected chi connectivity index (χ0v) is 11.3. The fourth-order valence-electron chi connectivity index (χ4n) is 2.05. The molecule has 1 aromatic rings. The van der Waals surface area contributed by atoms with Crippen molar-refractivity contribution in [1.29, 1.82) is 0 Å². The molecule has 1 unspecified atom stereocenters. The van der Waals surface area contributed by atoms with Crippen LogP contribution in [0.2, 0.25) is 0 Å². The molecule has 2 rings (SSSR count). The molecule has 5 heteroatoms. The van der Waals surface area contributed by atoms with E-state index in [1.54, 1.807) is 7.11 Å². The Morgan fingerprint density at radius 2 is 2.39 bits per heavy atom. The van der Waals surface area contributed by atoms with E-state index in [-0.39, 0.29) is 6.10 Å². The van der Waals surface area contributed by atoms with Crippen LogP contribution < -0.4 is 15.0 Å². The molecule has 0 radical (unpaired) electrons. The third-order valence-corrected chi connectivity index (χ3v) is 4.14. The van der Waals surface area contributed by atoms with Gasteiger partial charge in [-0.3, -0.25) is 0 Å². The third-order valence-electron chi connectivity index (χ3n) is 2.95. The summed E-state index contributed by atoms with van der Waals surface area (Å²) in [7, 11) is 1.63. The number of benzene rings is 1. The van der Waals surface area contributed by atoms with Crippen LogP contribution in [0.4, 0.5) is 0 Å². The van der Waals surface area contributed by atoms with Crippen LogP contribution >= 0.6 is 11.8 Å². The van der Waals surface area contributed by atoms with E-state index in [9.17, 15) is 0 Å². The van der Waals surface area contributed by atoms with E-state index in [2.05, 4.69) is 5.48 Å². The number of rotatable bonds is 5. The SMILES string of the molecule is COc1cccc(CNO)c1OC1CCCSC1. The zero-order valence-electron chi connectivity index (χ0n) is 10.5. The molecule has 0 spiro atoms. The second-order valence-electron chi connectivity index (χ2n) is 4.24. The quantitative estimate of drug-likeness (QED) is 0.804. The van der Waals surface area contributed by atoms with Crippen molar-refractivity contribution in [2.24, 2.45) is 0 Å².